The van der Waals surface area contributed by atoms with Crippen molar-refractivity contribution >= 4 is 17.5 Å². The van der Waals surface area contributed by atoms with Crippen LogP contribution in [0, 0.1) is 5.92 Å². The van der Waals surface area contributed by atoms with Crippen LogP contribution in [-0.4, -0.2) is 48.4 Å². The van der Waals surface area contributed by atoms with Crippen molar-refractivity contribution in [1.82, 2.24) is 9.80 Å². The van der Waals surface area contributed by atoms with Crippen LogP contribution in [0.15, 0.2) is 24.3 Å². The summed E-state index contributed by atoms with van der Waals surface area (Å²) in [6.07, 6.45) is 3.82. The molecule has 1 aromatic carbocycles. The maximum Gasteiger partial charge on any atom is 0.253 e. The Hall–Kier alpha value is -1.06. The van der Waals surface area contributed by atoms with Gasteiger partial charge in [-0.2, -0.15) is 0 Å². The third-order valence-corrected chi connectivity index (χ3v) is 4.72. The summed E-state index contributed by atoms with van der Waals surface area (Å²) < 4.78 is 0. The van der Waals surface area contributed by atoms with E-state index < -0.39 is 0 Å². The molecule has 1 amide bonds. The number of likely N-dealkylation sites (N-methyl/N-ethyl adjacent to an activating group) is 1. The average Bonchev–Trinajstić information content (AvgIpc) is 3.21. The fourth-order valence-electron chi connectivity index (χ4n) is 2.84. The molecule has 3 nitrogen and oxygen atoms in total. The summed E-state index contributed by atoms with van der Waals surface area (Å²) in [4.78, 5) is 17.0. The van der Waals surface area contributed by atoms with Crippen molar-refractivity contribution in [2.24, 2.45) is 5.92 Å². The van der Waals surface area contributed by atoms with Crippen LogP contribution in [0.3, 0.4) is 0 Å². The van der Waals surface area contributed by atoms with Gasteiger partial charge in [-0.1, -0.05) is 11.6 Å². The van der Waals surface area contributed by atoms with Gasteiger partial charge in [0, 0.05) is 30.2 Å². The van der Waals surface area contributed by atoms with E-state index in [4.69, 9.17) is 11.6 Å². The fraction of sp³-hybridized carbons (Fsp3) is 0.562. The molecule has 2 fully saturated rings. The lowest BCUT2D eigenvalue weighted by molar-refractivity contribution is 0.0607. The van der Waals surface area contributed by atoms with E-state index in [0.717, 1.165) is 12.1 Å². The Labute approximate surface area is 125 Å². The highest BCUT2D eigenvalue weighted by molar-refractivity contribution is 6.30. The first-order valence-corrected chi connectivity index (χ1v) is 7.78. The standard InChI is InChI=1S/C16H21ClN2O/c1-18(16(20)13-5-7-14(17)8-6-13)15(12-3-4-12)11-19-9-2-10-19/h5-8,12,15H,2-4,9-11H2,1H3/t15-/m1/s1. The van der Waals surface area contributed by atoms with Crippen molar-refractivity contribution < 1.29 is 4.79 Å². The molecule has 3 rings (SSSR count). The highest BCUT2D eigenvalue weighted by atomic mass is 35.5. The van der Waals surface area contributed by atoms with E-state index in [1.165, 1.54) is 32.4 Å². The first-order valence-electron chi connectivity index (χ1n) is 7.40. The lowest BCUT2D eigenvalue weighted by Crippen LogP contribution is -2.50. The minimum absolute atomic E-state index is 0.110. The minimum Gasteiger partial charge on any atom is -0.337 e. The van der Waals surface area contributed by atoms with Crippen LogP contribution >= 0.6 is 11.6 Å². The number of amides is 1. The molecule has 1 aliphatic heterocycles. The predicted molar refractivity (Wildman–Crippen MR) is 81.1 cm³/mol. The van der Waals surface area contributed by atoms with Crippen LogP contribution in [0.2, 0.25) is 5.02 Å². The van der Waals surface area contributed by atoms with Gasteiger partial charge in [0.05, 0.1) is 0 Å². The van der Waals surface area contributed by atoms with Gasteiger partial charge in [0.25, 0.3) is 5.91 Å². The summed E-state index contributed by atoms with van der Waals surface area (Å²) in [7, 11) is 1.94. The number of halogens is 1. The molecule has 1 atom stereocenters. The summed E-state index contributed by atoms with van der Waals surface area (Å²) in [5, 5.41) is 0.670. The molecule has 4 heteroatoms. The average molecular weight is 293 g/mol. The zero-order valence-corrected chi connectivity index (χ0v) is 12.6. The predicted octanol–water partition coefficient (Wildman–Crippen LogP) is 2.90. The SMILES string of the molecule is CN(C(=O)c1ccc(Cl)cc1)[C@H](CN1CCC1)C1CC1. The number of hydrogen-bond donors (Lipinski definition) is 0. The van der Waals surface area contributed by atoms with Crippen molar-refractivity contribution in [1.29, 1.82) is 0 Å². The number of rotatable bonds is 5. The zero-order valence-electron chi connectivity index (χ0n) is 11.9. The Morgan fingerprint density at radius 2 is 2.00 bits per heavy atom. The van der Waals surface area contributed by atoms with Crippen molar-refractivity contribution in [3.05, 3.63) is 34.9 Å². The molecule has 0 aromatic heterocycles. The maximum absolute atomic E-state index is 12.6. The van der Waals surface area contributed by atoms with Crippen molar-refractivity contribution in [3.8, 4) is 0 Å². The number of hydrogen-bond acceptors (Lipinski definition) is 2. The number of nitrogens with zero attached hydrogens (tertiary/aromatic N) is 2. The maximum atomic E-state index is 12.6. The highest BCUT2D eigenvalue weighted by Crippen LogP contribution is 2.36. The Kier molecular flexibility index (Phi) is 3.99. The molecule has 0 unspecified atom stereocenters. The number of carbonyl (C=O) groups is 1. The molecule has 0 N–H and O–H groups in total. The van der Waals surface area contributed by atoms with Gasteiger partial charge in [-0.15, -0.1) is 0 Å². The molecule has 2 aliphatic rings. The molecule has 1 aliphatic carbocycles. The number of benzene rings is 1. The van der Waals surface area contributed by atoms with Gasteiger partial charge in [-0.05, 0) is 62.5 Å². The van der Waals surface area contributed by atoms with Gasteiger partial charge in [-0.3, -0.25) is 4.79 Å². The zero-order chi connectivity index (χ0) is 14.1. The molecule has 1 saturated heterocycles. The topological polar surface area (TPSA) is 23.6 Å². The Morgan fingerprint density at radius 1 is 1.35 bits per heavy atom. The molecule has 20 heavy (non-hydrogen) atoms. The summed E-state index contributed by atoms with van der Waals surface area (Å²) in [6, 6.07) is 7.55. The first-order chi connectivity index (χ1) is 9.65. The molecule has 1 saturated carbocycles. The molecular weight excluding hydrogens is 272 g/mol. The van der Waals surface area contributed by atoms with Gasteiger partial charge in [0.1, 0.15) is 0 Å². The van der Waals surface area contributed by atoms with E-state index in [0.29, 0.717) is 17.0 Å². The minimum atomic E-state index is 0.110. The molecule has 108 valence electrons. The van der Waals surface area contributed by atoms with E-state index >= 15 is 0 Å². The largest absolute Gasteiger partial charge is 0.337 e. The Balaban J connectivity index is 1.69. The first kappa shape index (κ1) is 13.9. The van der Waals surface area contributed by atoms with Crippen LogP contribution in [0.5, 0.6) is 0 Å². The number of carbonyl (C=O) groups excluding carboxylic acids is 1. The summed E-state index contributed by atoms with van der Waals surface area (Å²) in [5.41, 5.74) is 0.728. The van der Waals surface area contributed by atoms with E-state index in [2.05, 4.69) is 4.90 Å². The summed E-state index contributed by atoms with van der Waals surface area (Å²) >= 11 is 5.88. The summed E-state index contributed by atoms with van der Waals surface area (Å²) in [6.45, 7) is 3.40. The molecule has 0 spiro atoms. The summed E-state index contributed by atoms with van der Waals surface area (Å²) in [5.74, 6) is 0.802. The smallest absolute Gasteiger partial charge is 0.253 e. The molecule has 0 radical (unpaired) electrons. The molecule has 1 aromatic rings. The van der Waals surface area contributed by atoms with Gasteiger partial charge in [0.15, 0.2) is 0 Å². The second-order valence-corrected chi connectivity index (χ2v) is 6.42. The quantitative estimate of drug-likeness (QED) is 0.833. The lowest BCUT2D eigenvalue weighted by atomic mass is 10.1. The Bertz CT molecular complexity index is 480. The fourth-order valence-corrected chi connectivity index (χ4v) is 2.97. The molecule has 0 bridgehead atoms. The Morgan fingerprint density at radius 3 is 2.50 bits per heavy atom. The van der Waals surface area contributed by atoms with Gasteiger partial charge < -0.3 is 9.80 Å². The third kappa shape index (κ3) is 2.99. The van der Waals surface area contributed by atoms with Crippen molar-refractivity contribution in [2.45, 2.75) is 25.3 Å². The van der Waals surface area contributed by atoms with Crippen LogP contribution in [0.25, 0.3) is 0 Å². The van der Waals surface area contributed by atoms with Crippen LogP contribution in [0.4, 0.5) is 0 Å². The molecular formula is C16H21ClN2O. The van der Waals surface area contributed by atoms with Gasteiger partial charge in [0.2, 0.25) is 0 Å². The van der Waals surface area contributed by atoms with Crippen molar-refractivity contribution in [2.75, 3.05) is 26.7 Å². The van der Waals surface area contributed by atoms with E-state index in [9.17, 15) is 4.79 Å². The normalized spacial score (nSPS) is 20.3. The highest BCUT2D eigenvalue weighted by Gasteiger charge is 2.37. The van der Waals surface area contributed by atoms with Crippen molar-refractivity contribution in [3.63, 3.8) is 0 Å². The van der Waals surface area contributed by atoms with Crippen LogP contribution < -0.4 is 0 Å². The number of likely N-dealkylation sites (tertiary alicyclic amines) is 1. The van der Waals surface area contributed by atoms with Gasteiger partial charge in [-0.25, -0.2) is 0 Å². The second kappa shape index (κ2) is 5.74. The van der Waals surface area contributed by atoms with Crippen LogP contribution in [0.1, 0.15) is 29.6 Å². The monoisotopic (exact) mass is 292 g/mol. The van der Waals surface area contributed by atoms with Gasteiger partial charge >= 0.3 is 0 Å². The van der Waals surface area contributed by atoms with E-state index in [1.807, 2.05) is 24.1 Å². The second-order valence-electron chi connectivity index (χ2n) is 5.98. The van der Waals surface area contributed by atoms with Crippen LogP contribution in [-0.2, 0) is 0 Å². The third-order valence-electron chi connectivity index (χ3n) is 4.47. The van der Waals surface area contributed by atoms with E-state index in [1.54, 1.807) is 12.1 Å². The molecule has 1 heterocycles. The lowest BCUT2D eigenvalue weighted by Gasteiger charge is -2.38. The van der Waals surface area contributed by atoms with E-state index in [-0.39, 0.29) is 5.91 Å².